The van der Waals surface area contributed by atoms with Crippen LogP contribution in [-0.4, -0.2) is 45.5 Å². The van der Waals surface area contributed by atoms with E-state index in [0.717, 1.165) is 25.6 Å². The van der Waals surface area contributed by atoms with E-state index in [2.05, 4.69) is 16.9 Å². The lowest BCUT2D eigenvalue weighted by atomic mass is 10.0. The van der Waals surface area contributed by atoms with Gasteiger partial charge in [0, 0.05) is 12.7 Å². The molecule has 1 aliphatic heterocycles. The van der Waals surface area contributed by atoms with Crippen molar-refractivity contribution in [2.24, 2.45) is 5.92 Å². The van der Waals surface area contributed by atoms with Gasteiger partial charge in [-0.05, 0) is 38.3 Å². The molecule has 5 heteroatoms. The van der Waals surface area contributed by atoms with E-state index in [1.54, 1.807) is 17.1 Å². The van der Waals surface area contributed by atoms with E-state index in [1.165, 1.54) is 19.3 Å². The fourth-order valence-electron chi connectivity index (χ4n) is 2.56. The van der Waals surface area contributed by atoms with E-state index in [1.807, 2.05) is 0 Å². The van der Waals surface area contributed by atoms with Crippen molar-refractivity contribution >= 4 is 5.69 Å². The van der Waals surface area contributed by atoms with Crippen LogP contribution in [0.1, 0.15) is 26.2 Å². The number of hydrogen-bond acceptors (Lipinski definition) is 4. The van der Waals surface area contributed by atoms with Crippen molar-refractivity contribution in [3.8, 4) is 0 Å². The Kier molecular flexibility index (Phi) is 4.60. The standard InChI is InChI=1S/C13H24N4O/c1-11-3-2-5-16(6-4-11)9-13(18)10-17-8-12(14)7-15-17/h7-8,11,13,18H,2-6,9-10,14H2,1H3. The highest BCUT2D eigenvalue weighted by molar-refractivity contribution is 5.30. The quantitative estimate of drug-likeness (QED) is 0.837. The molecular formula is C13H24N4O. The zero-order valence-electron chi connectivity index (χ0n) is 11.1. The molecule has 2 heterocycles. The lowest BCUT2D eigenvalue weighted by Crippen LogP contribution is -2.35. The molecule has 1 aromatic heterocycles. The summed E-state index contributed by atoms with van der Waals surface area (Å²) in [5.74, 6) is 0.818. The van der Waals surface area contributed by atoms with Crippen LogP contribution in [-0.2, 0) is 6.54 Å². The Morgan fingerprint density at radius 3 is 3.00 bits per heavy atom. The molecule has 3 N–H and O–H groups in total. The third-order valence-electron chi connectivity index (χ3n) is 3.63. The van der Waals surface area contributed by atoms with Crippen LogP contribution in [0.5, 0.6) is 0 Å². The van der Waals surface area contributed by atoms with Gasteiger partial charge in [-0.25, -0.2) is 0 Å². The SMILES string of the molecule is CC1CCCN(CC(O)Cn2cc(N)cn2)CC1. The second-order valence-electron chi connectivity index (χ2n) is 5.49. The number of aromatic nitrogens is 2. The minimum absolute atomic E-state index is 0.377. The molecule has 0 radical (unpaired) electrons. The average molecular weight is 252 g/mol. The molecule has 2 atom stereocenters. The first-order chi connectivity index (χ1) is 8.63. The summed E-state index contributed by atoms with van der Waals surface area (Å²) in [5, 5.41) is 14.2. The topological polar surface area (TPSA) is 67.3 Å². The van der Waals surface area contributed by atoms with Gasteiger partial charge in [0.1, 0.15) is 0 Å². The van der Waals surface area contributed by atoms with E-state index in [4.69, 9.17) is 5.73 Å². The smallest absolute Gasteiger partial charge is 0.0862 e. The highest BCUT2D eigenvalue weighted by atomic mass is 16.3. The first-order valence-electron chi connectivity index (χ1n) is 6.82. The van der Waals surface area contributed by atoms with Crippen molar-refractivity contribution in [3.05, 3.63) is 12.4 Å². The summed E-state index contributed by atoms with van der Waals surface area (Å²) in [6.07, 6.45) is 6.78. The molecule has 0 aliphatic carbocycles. The monoisotopic (exact) mass is 252 g/mol. The minimum atomic E-state index is -0.377. The molecule has 0 amide bonds. The van der Waals surface area contributed by atoms with E-state index >= 15 is 0 Å². The fraction of sp³-hybridized carbons (Fsp3) is 0.769. The number of likely N-dealkylation sites (tertiary alicyclic amines) is 1. The molecule has 1 saturated heterocycles. The highest BCUT2D eigenvalue weighted by Gasteiger charge is 2.17. The Hall–Kier alpha value is -1.07. The summed E-state index contributed by atoms with van der Waals surface area (Å²) < 4.78 is 1.71. The van der Waals surface area contributed by atoms with Crippen LogP contribution >= 0.6 is 0 Å². The number of rotatable bonds is 4. The van der Waals surface area contributed by atoms with Crippen molar-refractivity contribution in [3.63, 3.8) is 0 Å². The summed E-state index contributed by atoms with van der Waals surface area (Å²) in [6.45, 7) is 5.75. The maximum atomic E-state index is 10.1. The predicted octanol–water partition coefficient (Wildman–Crippen LogP) is 0.948. The fourth-order valence-corrected chi connectivity index (χ4v) is 2.56. The lowest BCUT2D eigenvalue weighted by Gasteiger charge is -2.23. The van der Waals surface area contributed by atoms with Crippen LogP contribution in [0.2, 0.25) is 0 Å². The second-order valence-corrected chi connectivity index (χ2v) is 5.49. The summed E-state index contributed by atoms with van der Waals surface area (Å²) in [5.41, 5.74) is 6.24. The molecule has 0 spiro atoms. The summed E-state index contributed by atoms with van der Waals surface area (Å²) in [4.78, 5) is 2.36. The van der Waals surface area contributed by atoms with Crippen LogP contribution in [0, 0.1) is 5.92 Å². The Balaban J connectivity index is 1.78. The van der Waals surface area contributed by atoms with Crippen LogP contribution in [0.3, 0.4) is 0 Å². The first kappa shape index (κ1) is 13.4. The molecular weight excluding hydrogens is 228 g/mol. The molecule has 2 rings (SSSR count). The lowest BCUT2D eigenvalue weighted by molar-refractivity contribution is 0.0961. The molecule has 1 fully saturated rings. The highest BCUT2D eigenvalue weighted by Crippen LogP contribution is 2.16. The van der Waals surface area contributed by atoms with Gasteiger partial charge >= 0.3 is 0 Å². The minimum Gasteiger partial charge on any atom is -0.396 e. The van der Waals surface area contributed by atoms with Gasteiger partial charge in [-0.1, -0.05) is 6.92 Å². The molecule has 0 bridgehead atoms. The number of nitrogens with zero attached hydrogens (tertiary/aromatic N) is 3. The molecule has 102 valence electrons. The Morgan fingerprint density at radius 2 is 2.28 bits per heavy atom. The first-order valence-corrected chi connectivity index (χ1v) is 6.82. The third-order valence-corrected chi connectivity index (χ3v) is 3.63. The van der Waals surface area contributed by atoms with Crippen molar-refractivity contribution in [1.29, 1.82) is 0 Å². The number of anilines is 1. The predicted molar refractivity (Wildman–Crippen MR) is 72.1 cm³/mol. The number of aliphatic hydroxyl groups excluding tert-OH is 1. The second kappa shape index (κ2) is 6.20. The number of β-amino-alcohol motifs (C(OH)–C–C–N with tert-alkyl or cyclic N) is 1. The summed E-state index contributed by atoms with van der Waals surface area (Å²) >= 11 is 0. The number of nitrogens with two attached hydrogens (primary N) is 1. The van der Waals surface area contributed by atoms with Crippen molar-refractivity contribution in [2.45, 2.75) is 38.8 Å². The van der Waals surface area contributed by atoms with Gasteiger partial charge < -0.3 is 15.7 Å². The molecule has 0 saturated carbocycles. The van der Waals surface area contributed by atoms with Gasteiger partial charge in [0.25, 0.3) is 0 Å². The average Bonchev–Trinajstić information content (AvgIpc) is 2.59. The molecule has 0 aromatic carbocycles. The van der Waals surface area contributed by atoms with Crippen LogP contribution in [0.15, 0.2) is 12.4 Å². The van der Waals surface area contributed by atoms with Crippen molar-refractivity contribution in [1.82, 2.24) is 14.7 Å². The largest absolute Gasteiger partial charge is 0.396 e. The molecule has 18 heavy (non-hydrogen) atoms. The Bertz CT molecular complexity index is 366. The number of aliphatic hydroxyl groups is 1. The van der Waals surface area contributed by atoms with Gasteiger partial charge in [-0.15, -0.1) is 0 Å². The zero-order valence-corrected chi connectivity index (χ0v) is 11.1. The molecule has 2 unspecified atom stereocenters. The van der Waals surface area contributed by atoms with Gasteiger partial charge in [0.05, 0.1) is 24.5 Å². The van der Waals surface area contributed by atoms with Gasteiger partial charge in [-0.3, -0.25) is 4.68 Å². The van der Waals surface area contributed by atoms with Crippen LogP contribution in [0.25, 0.3) is 0 Å². The van der Waals surface area contributed by atoms with E-state index in [-0.39, 0.29) is 6.10 Å². The number of nitrogen functional groups attached to an aromatic ring is 1. The Morgan fingerprint density at radius 1 is 1.44 bits per heavy atom. The third kappa shape index (κ3) is 3.99. The maximum absolute atomic E-state index is 10.1. The van der Waals surface area contributed by atoms with E-state index in [9.17, 15) is 5.11 Å². The summed E-state index contributed by atoms with van der Waals surface area (Å²) in [7, 11) is 0. The molecule has 1 aliphatic rings. The number of hydrogen-bond donors (Lipinski definition) is 2. The van der Waals surface area contributed by atoms with E-state index < -0.39 is 0 Å². The normalized spacial score (nSPS) is 23.8. The molecule has 1 aromatic rings. The van der Waals surface area contributed by atoms with Gasteiger partial charge in [0.15, 0.2) is 0 Å². The van der Waals surface area contributed by atoms with Gasteiger partial charge in [0.2, 0.25) is 0 Å². The molecule has 5 nitrogen and oxygen atoms in total. The Labute approximate surface area is 109 Å². The van der Waals surface area contributed by atoms with E-state index in [0.29, 0.717) is 12.2 Å². The van der Waals surface area contributed by atoms with Crippen molar-refractivity contribution in [2.75, 3.05) is 25.4 Å². The van der Waals surface area contributed by atoms with Crippen molar-refractivity contribution < 1.29 is 5.11 Å². The zero-order chi connectivity index (χ0) is 13.0. The van der Waals surface area contributed by atoms with Gasteiger partial charge in [-0.2, -0.15) is 5.10 Å². The van der Waals surface area contributed by atoms with Crippen LogP contribution in [0.4, 0.5) is 5.69 Å². The van der Waals surface area contributed by atoms with Crippen LogP contribution < -0.4 is 5.73 Å². The maximum Gasteiger partial charge on any atom is 0.0862 e. The summed E-state index contributed by atoms with van der Waals surface area (Å²) in [6, 6.07) is 0.